The molecule has 0 aliphatic rings. The fourth-order valence-electron chi connectivity index (χ4n) is 1.69. The van der Waals surface area contributed by atoms with Crippen LogP contribution in [0.2, 0.25) is 0 Å². The third-order valence-corrected chi connectivity index (χ3v) is 3.46. The molecule has 3 aromatic rings. The first-order chi connectivity index (χ1) is 9.72. The van der Waals surface area contributed by atoms with E-state index in [1.807, 2.05) is 36.4 Å². The van der Waals surface area contributed by atoms with E-state index < -0.39 is 5.97 Å². The fourth-order valence-corrected chi connectivity index (χ4v) is 2.45. The summed E-state index contributed by atoms with van der Waals surface area (Å²) in [5, 5.41) is 21.9. The van der Waals surface area contributed by atoms with Gasteiger partial charge in [-0.1, -0.05) is 24.3 Å². The van der Waals surface area contributed by atoms with Crippen molar-refractivity contribution in [2.75, 3.05) is 0 Å². The minimum atomic E-state index is -0.995. The molecule has 0 saturated heterocycles. The maximum atomic E-state index is 10.7. The van der Waals surface area contributed by atoms with E-state index in [0.717, 1.165) is 10.9 Å². The van der Waals surface area contributed by atoms with Crippen molar-refractivity contribution in [1.82, 2.24) is 25.2 Å². The van der Waals surface area contributed by atoms with Crippen molar-refractivity contribution < 1.29 is 9.90 Å². The Hall–Kier alpha value is -2.48. The average Bonchev–Trinajstić information content (AvgIpc) is 2.85. The Balaban J connectivity index is 1.89. The number of nitrogens with zero attached hydrogens (tertiary/aromatic N) is 5. The van der Waals surface area contributed by atoms with E-state index in [1.165, 1.54) is 16.4 Å². The normalized spacial score (nSPS) is 10.8. The highest BCUT2D eigenvalue weighted by Crippen LogP contribution is 2.25. The first-order valence-corrected chi connectivity index (χ1v) is 6.55. The van der Waals surface area contributed by atoms with Crippen LogP contribution in [0.25, 0.3) is 10.9 Å². The molecule has 0 aliphatic heterocycles. The van der Waals surface area contributed by atoms with Gasteiger partial charge in [0, 0.05) is 5.39 Å². The molecule has 0 atom stereocenters. The SMILES string of the molecule is O=C(O)Cn1nnnc1Sc1ccc2ccccc2n1. The van der Waals surface area contributed by atoms with Gasteiger partial charge in [0.25, 0.3) is 0 Å². The van der Waals surface area contributed by atoms with E-state index in [1.54, 1.807) is 0 Å². The molecule has 0 unspecified atom stereocenters. The maximum absolute atomic E-state index is 10.7. The number of hydrogen-bond donors (Lipinski definition) is 1. The molecule has 0 saturated carbocycles. The molecule has 0 radical (unpaired) electrons. The van der Waals surface area contributed by atoms with Crippen LogP contribution in [0.4, 0.5) is 0 Å². The fraction of sp³-hybridized carbons (Fsp3) is 0.0833. The van der Waals surface area contributed by atoms with Crippen molar-refractivity contribution >= 4 is 28.6 Å². The highest BCUT2D eigenvalue weighted by molar-refractivity contribution is 7.99. The maximum Gasteiger partial charge on any atom is 0.325 e. The third-order valence-electron chi connectivity index (χ3n) is 2.55. The van der Waals surface area contributed by atoms with Crippen LogP contribution in [-0.4, -0.2) is 36.3 Å². The number of carboxylic acid groups (broad SMARTS) is 1. The summed E-state index contributed by atoms with van der Waals surface area (Å²) in [4.78, 5) is 15.2. The number of carboxylic acids is 1. The molecule has 1 aromatic carbocycles. The van der Waals surface area contributed by atoms with Crippen molar-refractivity contribution in [1.29, 1.82) is 0 Å². The molecule has 2 heterocycles. The van der Waals surface area contributed by atoms with Crippen LogP contribution in [0.5, 0.6) is 0 Å². The number of pyridine rings is 1. The van der Waals surface area contributed by atoms with Gasteiger partial charge in [0.05, 0.1) is 5.52 Å². The number of rotatable bonds is 4. The number of aliphatic carboxylic acids is 1. The van der Waals surface area contributed by atoms with Crippen LogP contribution in [0.15, 0.2) is 46.6 Å². The zero-order valence-electron chi connectivity index (χ0n) is 10.2. The second kappa shape index (κ2) is 5.25. The number of benzene rings is 1. The smallest absolute Gasteiger partial charge is 0.325 e. The van der Waals surface area contributed by atoms with Crippen molar-refractivity contribution in [2.24, 2.45) is 0 Å². The number of carbonyl (C=O) groups is 1. The largest absolute Gasteiger partial charge is 0.480 e. The number of tetrazole rings is 1. The molecule has 1 N–H and O–H groups in total. The lowest BCUT2D eigenvalue weighted by Gasteiger charge is -2.02. The van der Waals surface area contributed by atoms with Gasteiger partial charge in [-0.15, -0.1) is 5.10 Å². The van der Waals surface area contributed by atoms with E-state index in [2.05, 4.69) is 20.5 Å². The van der Waals surface area contributed by atoms with Crippen molar-refractivity contribution in [3.05, 3.63) is 36.4 Å². The lowest BCUT2D eigenvalue weighted by molar-refractivity contribution is -0.138. The van der Waals surface area contributed by atoms with Crippen LogP contribution in [0.3, 0.4) is 0 Å². The van der Waals surface area contributed by atoms with Gasteiger partial charge >= 0.3 is 5.97 Å². The van der Waals surface area contributed by atoms with Crippen LogP contribution in [0, 0.1) is 0 Å². The van der Waals surface area contributed by atoms with Crippen molar-refractivity contribution in [3.8, 4) is 0 Å². The number of fused-ring (bicyclic) bond motifs is 1. The lowest BCUT2D eigenvalue weighted by atomic mass is 10.2. The van der Waals surface area contributed by atoms with E-state index in [9.17, 15) is 4.79 Å². The first kappa shape index (κ1) is 12.5. The van der Waals surface area contributed by atoms with Gasteiger partial charge in [-0.3, -0.25) is 4.79 Å². The lowest BCUT2D eigenvalue weighted by Crippen LogP contribution is -2.11. The summed E-state index contributed by atoms with van der Waals surface area (Å²) < 4.78 is 1.23. The van der Waals surface area contributed by atoms with Gasteiger partial charge in [0.2, 0.25) is 5.16 Å². The Labute approximate surface area is 117 Å². The Morgan fingerprint density at radius 3 is 2.95 bits per heavy atom. The summed E-state index contributed by atoms with van der Waals surface area (Å²) in [6, 6.07) is 11.6. The Morgan fingerprint density at radius 2 is 2.10 bits per heavy atom. The Kier molecular flexibility index (Phi) is 3.30. The summed E-state index contributed by atoms with van der Waals surface area (Å²) in [6.45, 7) is -0.275. The van der Waals surface area contributed by atoms with Crippen LogP contribution >= 0.6 is 11.8 Å². The second-order valence-corrected chi connectivity index (χ2v) is 4.94. The molecule has 20 heavy (non-hydrogen) atoms. The Bertz CT molecular complexity index is 773. The van der Waals surface area contributed by atoms with Gasteiger partial charge < -0.3 is 5.11 Å². The van der Waals surface area contributed by atoms with Crippen LogP contribution in [-0.2, 0) is 11.3 Å². The quantitative estimate of drug-likeness (QED) is 0.776. The van der Waals surface area contributed by atoms with Gasteiger partial charge in [-0.25, -0.2) is 9.67 Å². The van der Waals surface area contributed by atoms with Gasteiger partial charge in [-0.05, 0) is 34.3 Å². The molecule has 100 valence electrons. The average molecular weight is 287 g/mol. The van der Waals surface area contributed by atoms with E-state index in [0.29, 0.717) is 10.2 Å². The summed E-state index contributed by atoms with van der Waals surface area (Å²) >= 11 is 1.23. The summed E-state index contributed by atoms with van der Waals surface area (Å²) in [7, 11) is 0. The predicted molar refractivity (Wildman–Crippen MR) is 71.3 cm³/mol. The van der Waals surface area contributed by atoms with Crippen molar-refractivity contribution in [2.45, 2.75) is 16.7 Å². The molecular weight excluding hydrogens is 278 g/mol. The topological polar surface area (TPSA) is 93.8 Å². The van der Waals surface area contributed by atoms with E-state index in [-0.39, 0.29) is 6.54 Å². The van der Waals surface area contributed by atoms with E-state index >= 15 is 0 Å². The minimum Gasteiger partial charge on any atom is -0.480 e. The highest BCUT2D eigenvalue weighted by atomic mass is 32.2. The molecule has 0 bridgehead atoms. The molecule has 0 fully saturated rings. The Morgan fingerprint density at radius 1 is 1.25 bits per heavy atom. The molecule has 8 heteroatoms. The third kappa shape index (κ3) is 2.59. The first-order valence-electron chi connectivity index (χ1n) is 5.74. The van der Waals surface area contributed by atoms with Gasteiger partial charge in [0.15, 0.2) is 0 Å². The molecule has 0 aliphatic carbocycles. The number of hydrogen-bond acceptors (Lipinski definition) is 6. The second-order valence-electron chi connectivity index (χ2n) is 3.96. The molecule has 7 nitrogen and oxygen atoms in total. The molecule has 3 rings (SSSR count). The molecular formula is C12H9N5O2S. The summed E-state index contributed by atoms with van der Waals surface area (Å²) in [6.07, 6.45) is 0. The molecule has 2 aromatic heterocycles. The number of aromatic nitrogens is 5. The standard InChI is InChI=1S/C12H9N5O2S/c18-11(19)7-17-12(14-15-16-17)20-10-6-5-8-3-1-2-4-9(8)13-10/h1-6H,7H2,(H,18,19). The zero-order valence-corrected chi connectivity index (χ0v) is 11.0. The van der Waals surface area contributed by atoms with Crippen molar-refractivity contribution in [3.63, 3.8) is 0 Å². The highest BCUT2D eigenvalue weighted by Gasteiger charge is 2.11. The molecule has 0 spiro atoms. The minimum absolute atomic E-state index is 0.275. The predicted octanol–water partition coefficient (Wildman–Crippen LogP) is 1.46. The number of para-hydroxylation sites is 1. The zero-order chi connectivity index (χ0) is 13.9. The van der Waals surface area contributed by atoms with Crippen LogP contribution < -0.4 is 0 Å². The van der Waals surface area contributed by atoms with Gasteiger partial charge in [0.1, 0.15) is 11.6 Å². The van der Waals surface area contributed by atoms with E-state index in [4.69, 9.17) is 5.11 Å². The summed E-state index contributed by atoms with van der Waals surface area (Å²) in [5.74, 6) is -0.995. The molecule has 0 amide bonds. The van der Waals surface area contributed by atoms with Crippen LogP contribution in [0.1, 0.15) is 0 Å². The monoisotopic (exact) mass is 287 g/mol. The van der Waals surface area contributed by atoms with Gasteiger partial charge in [-0.2, -0.15) is 0 Å². The summed E-state index contributed by atoms with van der Waals surface area (Å²) in [5.41, 5.74) is 0.870.